The lowest BCUT2D eigenvalue weighted by Crippen LogP contribution is -2.39. The molecule has 3 N–H and O–H groups in total. The Kier molecular flexibility index (Phi) is 7.76. The minimum absolute atomic E-state index is 0.565. The first-order valence-corrected chi connectivity index (χ1v) is 12.4. The van der Waals surface area contributed by atoms with Crippen molar-refractivity contribution in [1.82, 2.24) is 20.2 Å². The second-order valence-corrected chi connectivity index (χ2v) is 9.28. The number of nitrogens with one attached hydrogen (secondary N) is 3. The van der Waals surface area contributed by atoms with E-state index in [4.69, 9.17) is 17.2 Å². The van der Waals surface area contributed by atoms with E-state index < -0.39 is 0 Å². The maximum Gasteiger partial charge on any atom is 0.171 e. The predicted octanol–water partition coefficient (Wildman–Crippen LogP) is 5.46. The Morgan fingerprint density at radius 1 is 1.19 bits per heavy atom. The summed E-state index contributed by atoms with van der Waals surface area (Å²) in [6.45, 7) is 7.79. The topological polar surface area (TPSA) is 56.0 Å². The number of aromatic amines is 1. The number of anilines is 1. The molecule has 3 aromatic rings. The highest BCUT2D eigenvalue weighted by Gasteiger charge is 2.25. The molecular formula is C26H35N5S. The van der Waals surface area contributed by atoms with E-state index in [9.17, 15) is 0 Å². The monoisotopic (exact) mass is 449 g/mol. The molecule has 0 bridgehead atoms. The van der Waals surface area contributed by atoms with Gasteiger partial charge in [0.15, 0.2) is 5.11 Å². The van der Waals surface area contributed by atoms with Crippen LogP contribution in [0.3, 0.4) is 0 Å². The van der Waals surface area contributed by atoms with Crippen molar-refractivity contribution in [3.05, 3.63) is 59.8 Å². The van der Waals surface area contributed by atoms with E-state index in [0.29, 0.717) is 17.1 Å². The summed E-state index contributed by atoms with van der Waals surface area (Å²) in [4.78, 5) is 10.9. The van der Waals surface area contributed by atoms with Crippen LogP contribution in [0.2, 0.25) is 0 Å². The average molecular weight is 450 g/mol. The van der Waals surface area contributed by atoms with E-state index in [1.165, 1.54) is 43.5 Å². The summed E-state index contributed by atoms with van der Waals surface area (Å²) < 4.78 is 0. The lowest BCUT2D eigenvalue weighted by molar-refractivity contribution is 0.158. The SMILES string of the molecule is CCC(C)N1CCC(c2c[nH]c3ccc(NC(=S)NCCCc4ccccc4)nc23)CC1. The van der Waals surface area contributed by atoms with Crippen molar-refractivity contribution in [2.75, 3.05) is 25.0 Å². The fourth-order valence-electron chi connectivity index (χ4n) is 4.61. The maximum atomic E-state index is 5.50. The lowest BCUT2D eigenvalue weighted by Gasteiger charge is -2.35. The highest BCUT2D eigenvalue weighted by atomic mass is 32.1. The van der Waals surface area contributed by atoms with Crippen LogP contribution in [0.25, 0.3) is 11.0 Å². The smallest absolute Gasteiger partial charge is 0.171 e. The molecule has 0 spiro atoms. The molecule has 6 heteroatoms. The molecule has 1 fully saturated rings. The first-order chi connectivity index (χ1) is 15.6. The van der Waals surface area contributed by atoms with Crippen LogP contribution in [0.4, 0.5) is 5.82 Å². The Balaban J connectivity index is 1.32. The molecule has 32 heavy (non-hydrogen) atoms. The van der Waals surface area contributed by atoms with E-state index >= 15 is 0 Å². The number of thiocarbonyl (C=S) groups is 1. The van der Waals surface area contributed by atoms with Crippen molar-refractivity contribution in [3.63, 3.8) is 0 Å². The predicted molar refractivity (Wildman–Crippen MR) is 138 cm³/mol. The van der Waals surface area contributed by atoms with Gasteiger partial charge in [0, 0.05) is 18.8 Å². The molecule has 0 radical (unpaired) electrons. The van der Waals surface area contributed by atoms with Crippen LogP contribution < -0.4 is 10.6 Å². The van der Waals surface area contributed by atoms with Crippen LogP contribution in [0.5, 0.6) is 0 Å². The molecule has 1 saturated heterocycles. The minimum atomic E-state index is 0.565. The molecule has 1 aliphatic heterocycles. The van der Waals surface area contributed by atoms with Gasteiger partial charge in [-0.2, -0.15) is 0 Å². The Bertz CT molecular complexity index is 1010. The van der Waals surface area contributed by atoms with E-state index in [2.05, 4.69) is 77.0 Å². The molecule has 1 aliphatic rings. The zero-order valence-electron chi connectivity index (χ0n) is 19.2. The third-order valence-corrected chi connectivity index (χ3v) is 6.99. The molecule has 2 aromatic heterocycles. The van der Waals surface area contributed by atoms with Crippen molar-refractivity contribution >= 4 is 34.2 Å². The van der Waals surface area contributed by atoms with Crippen molar-refractivity contribution in [2.24, 2.45) is 0 Å². The van der Waals surface area contributed by atoms with Crippen LogP contribution >= 0.6 is 12.2 Å². The fourth-order valence-corrected chi connectivity index (χ4v) is 4.82. The Morgan fingerprint density at radius 2 is 1.97 bits per heavy atom. The van der Waals surface area contributed by atoms with Gasteiger partial charge < -0.3 is 20.5 Å². The van der Waals surface area contributed by atoms with Gasteiger partial charge in [-0.05, 0) is 93.5 Å². The number of hydrogen-bond donors (Lipinski definition) is 3. The zero-order valence-corrected chi connectivity index (χ0v) is 20.0. The van der Waals surface area contributed by atoms with Crippen LogP contribution in [0, 0.1) is 0 Å². The van der Waals surface area contributed by atoms with Crippen molar-refractivity contribution in [1.29, 1.82) is 0 Å². The number of fused-ring (bicyclic) bond motifs is 1. The van der Waals surface area contributed by atoms with E-state index in [0.717, 1.165) is 36.2 Å². The van der Waals surface area contributed by atoms with E-state index in [1.54, 1.807) is 0 Å². The molecule has 1 unspecified atom stereocenters. The fraction of sp³-hybridized carbons (Fsp3) is 0.462. The van der Waals surface area contributed by atoms with Crippen LogP contribution in [-0.2, 0) is 6.42 Å². The maximum absolute atomic E-state index is 5.50. The van der Waals surface area contributed by atoms with Crippen LogP contribution in [-0.4, -0.2) is 45.7 Å². The second kappa shape index (κ2) is 10.9. The standard InChI is InChI=1S/C26H35N5S/c1-3-19(2)31-16-13-21(14-17-31)22-18-28-23-11-12-24(29-25(22)23)30-26(32)27-15-7-10-20-8-5-4-6-9-20/h4-6,8-9,11-12,18-19,21,28H,3,7,10,13-17H2,1-2H3,(H2,27,29,30,32). The summed E-state index contributed by atoms with van der Waals surface area (Å²) >= 11 is 5.50. The van der Waals surface area contributed by atoms with Gasteiger partial charge in [-0.25, -0.2) is 4.98 Å². The van der Waals surface area contributed by atoms with Crippen LogP contribution in [0.15, 0.2) is 48.7 Å². The van der Waals surface area contributed by atoms with Gasteiger partial charge in [0.1, 0.15) is 5.82 Å². The first kappa shape index (κ1) is 22.7. The summed E-state index contributed by atoms with van der Waals surface area (Å²) in [5.41, 5.74) is 4.87. The van der Waals surface area contributed by atoms with Gasteiger partial charge in [0.2, 0.25) is 0 Å². The van der Waals surface area contributed by atoms with Gasteiger partial charge in [-0.15, -0.1) is 0 Å². The largest absolute Gasteiger partial charge is 0.362 e. The molecule has 170 valence electrons. The molecule has 4 rings (SSSR count). The van der Waals surface area contributed by atoms with E-state index in [-0.39, 0.29) is 0 Å². The van der Waals surface area contributed by atoms with Gasteiger partial charge in [-0.3, -0.25) is 0 Å². The Labute approximate surface area is 197 Å². The minimum Gasteiger partial charge on any atom is -0.362 e. The van der Waals surface area contributed by atoms with Crippen molar-refractivity contribution < 1.29 is 0 Å². The third-order valence-electron chi connectivity index (χ3n) is 6.75. The number of aryl methyl sites for hydroxylation is 1. The Hall–Kier alpha value is -2.44. The zero-order chi connectivity index (χ0) is 22.3. The van der Waals surface area contributed by atoms with Crippen LogP contribution in [0.1, 0.15) is 56.6 Å². The molecule has 0 amide bonds. The lowest BCUT2D eigenvalue weighted by atomic mass is 9.89. The number of H-pyrrole nitrogens is 1. The summed E-state index contributed by atoms with van der Waals surface area (Å²) in [6, 6.07) is 15.3. The quantitative estimate of drug-likeness (QED) is 0.315. The van der Waals surface area contributed by atoms with Crippen molar-refractivity contribution in [3.8, 4) is 0 Å². The van der Waals surface area contributed by atoms with Crippen molar-refractivity contribution in [2.45, 2.75) is 57.9 Å². The molecule has 3 heterocycles. The number of aromatic nitrogens is 2. The average Bonchev–Trinajstić information content (AvgIpc) is 3.25. The number of rotatable bonds is 8. The highest BCUT2D eigenvalue weighted by Crippen LogP contribution is 2.33. The Morgan fingerprint density at radius 3 is 2.72 bits per heavy atom. The first-order valence-electron chi connectivity index (χ1n) is 11.9. The van der Waals surface area contributed by atoms with Gasteiger partial charge in [0.25, 0.3) is 0 Å². The molecular weight excluding hydrogens is 414 g/mol. The molecule has 0 aliphatic carbocycles. The van der Waals surface area contributed by atoms with Gasteiger partial charge in [-0.1, -0.05) is 37.3 Å². The summed E-state index contributed by atoms with van der Waals surface area (Å²) in [7, 11) is 0. The highest BCUT2D eigenvalue weighted by molar-refractivity contribution is 7.80. The summed E-state index contributed by atoms with van der Waals surface area (Å²) in [5, 5.41) is 7.21. The molecule has 5 nitrogen and oxygen atoms in total. The molecule has 1 atom stereocenters. The third kappa shape index (κ3) is 5.67. The number of nitrogens with zero attached hydrogens (tertiary/aromatic N) is 2. The van der Waals surface area contributed by atoms with Gasteiger partial charge >= 0.3 is 0 Å². The number of pyridine rings is 1. The number of benzene rings is 1. The second-order valence-electron chi connectivity index (χ2n) is 8.87. The molecule has 1 aromatic carbocycles. The van der Waals surface area contributed by atoms with Gasteiger partial charge in [0.05, 0.1) is 11.0 Å². The number of likely N-dealkylation sites (tertiary alicyclic amines) is 1. The molecule has 0 saturated carbocycles. The summed E-state index contributed by atoms with van der Waals surface area (Å²) in [5.74, 6) is 1.37. The number of piperidine rings is 1. The summed E-state index contributed by atoms with van der Waals surface area (Å²) in [6.07, 6.45) is 7.84. The van der Waals surface area contributed by atoms with E-state index in [1.807, 2.05) is 6.07 Å². The number of hydrogen-bond acceptors (Lipinski definition) is 3. The normalized spacial score (nSPS) is 16.2.